The summed E-state index contributed by atoms with van der Waals surface area (Å²) in [7, 11) is 0. The van der Waals surface area contributed by atoms with Crippen molar-refractivity contribution >= 4 is 10.9 Å². The smallest absolute Gasteiger partial charge is 0.0708 e. The maximum absolute atomic E-state index is 6.59. The van der Waals surface area contributed by atoms with Crippen molar-refractivity contribution in [2.24, 2.45) is 5.73 Å². The highest BCUT2D eigenvalue weighted by molar-refractivity contribution is 5.83. The number of aryl methyl sites for hydroxylation is 1. The summed E-state index contributed by atoms with van der Waals surface area (Å²) in [5.41, 5.74) is 9.88. The zero-order chi connectivity index (χ0) is 11.9. The standard InChI is InChI=1S/C15H18N2/c1-11-10-13(15(16)8-4-5-9-15)12-6-2-3-7-14(12)17-11/h2-3,6-7,10H,4-5,8-9,16H2,1H3. The molecule has 1 aliphatic rings. The van der Waals surface area contributed by atoms with Crippen LogP contribution in [0.4, 0.5) is 0 Å². The Labute approximate surface area is 102 Å². The van der Waals surface area contributed by atoms with Gasteiger partial charge in [0, 0.05) is 16.6 Å². The molecule has 0 atom stereocenters. The van der Waals surface area contributed by atoms with Crippen molar-refractivity contribution in [3.05, 3.63) is 41.6 Å². The number of para-hydroxylation sites is 1. The summed E-state index contributed by atoms with van der Waals surface area (Å²) >= 11 is 0. The number of hydrogen-bond acceptors (Lipinski definition) is 2. The van der Waals surface area contributed by atoms with Crippen LogP contribution in [0, 0.1) is 6.92 Å². The van der Waals surface area contributed by atoms with Crippen LogP contribution < -0.4 is 5.73 Å². The zero-order valence-corrected chi connectivity index (χ0v) is 10.2. The topological polar surface area (TPSA) is 38.9 Å². The van der Waals surface area contributed by atoms with Crippen molar-refractivity contribution in [2.75, 3.05) is 0 Å². The van der Waals surface area contributed by atoms with Crippen molar-refractivity contribution in [3.63, 3.8) is 0 Å². The molecule has 0 bridgehead atoms. The van der Waals surface area contributed by atoms with Gasteiger partial charge in [0.1, 0.15) is 0 Å². The van der Waals surface area contributed by atoms with Gasteiger partial charge in [0.15, 0.2) is 0 Å². The molecule has 0 amide bonds. The average Bonchev–Trinajstić information content (AvgIpc) is 2.76. The molecular weight excluding hydrogens is 208 g/mol. The van der Waals surface area contributed by atoms with E-state index in [1.807, 2.05) is 13.0 Å². The molecule has 0 spiro atoms. The van der Waals surface area contributed by atoms with Crippen LogP contribution in [0.1, 0.15) is 36.9 Å². The number of hydrogen-bond donors (Lipinski definition) is 1. The summed E-state index contributed by atoms with van der Waals surface area (Å²) in [6.07, 6.45) is 4.68. The monoisotopic (exact) mass is 226 g/mol. The Kier molecular flexibility index (Phi) is 2.40. The fourth-order valence-electron chi connectivity index (χ4n) is 2.99. The summed E-state index contributed by atoms with van der Waals surface area (Å²) in [5.74, 6) is 0. The van der Waals surface area contributed by atoms with Gasteiger partial charge in [-0.1, -0.05) is 31.0 Å². The second-order valence-electron chi connectivity index (χ2n) is 5.19. The maximum atomic E-state index is 6.59. The normalized spacial score (nSPS) is 18.7. The third kappa shape index (κ3) is 1.73. The largest absolute Gasteiger partial charge is 0.321 e. The first kappa shape index (κ1) is 10.7. The zero-order valence-electron chi connectivity index (χ0n) is 10.2. The molecule has 1 aromatic carbocycles. The van der Waals surface area contributed by atoms with Crippen LogP contribution in [-0.4, -0.2) is 4.98 Å². The quantitative estimate of drug-likeness (QED) is 0.810. The molecule has 3 rings (SSSR count). The highest BCUT2D eigenvalue weighted by atomic mass is 14.8. The number of nitrogens with two attached hydrogens (primary N) is 1. The van der Waals surface area contributed by atoms with E-state index in [2.05, 4.69) is 29.2 Å². The van der Waals surface area contributed by atoms with E-state index >= 15 is 0 Å². The minimum atomic E-state index is -0.132. The Morgan fingerprint density at radius 2 is 1.88 bits per heavy atom. The molecule has 17 heavy (non-hydrogen) atoms. The molecule has 1 aromatic heterocycles. The molecule has 88 valence electrons. The van der Waals surface area contributed by atoms with Crippen LogP contribution >= 0.6 is 0 Å². The van der Waals surface area contributed by atoms with Gasteiger partial charge in [-0.05, 0) is 37.5 Å². The lowest BCUT2D eigenvalue weighted by Gasteiger charge is -2.26. The predicted octanol–water partition coefficient (Wildman–Crippen LogP) is 3.27. The second-order valence-corrected chi connectivity index (χ2v) is 5.19. The van der Waals surface area contributed by atoms with Crippen LogP contribution in [0.25, 0.3) is 10.9 Å². The first-order valence-electron chi connectivity index (χ1n) is 6.35. The fraction of sp³-hybridized carbons (Fsp3) is 0.400. The highest BCUT2D eigenvalue weighted by Gasteiger charge is 2.32. The molecule has 1 saturated carbocycles. The molecule has 2 heteroatoms. The number of pyridine rings is 1. The Morgan fingerprint density at radius 3 is 2.65 bits per heavy atom. The van der Waals surface area contributed by atoms with E-state index in [0.717, 1.165) is 24.1 Å². The van der Waals surface area contributed by atoms with Gasteiger partial charge in [0.05, 0.1) is 5.52 Å². The Bertz CT molecular complexity index is 554. The fourth-order valence-corrected chi connectivity index (χ4v) is 2.99. The molecule has 1 heterocycles. The first-order valence-corrected chi connectivity index (χ1v) is 6.35. The third-order valence-corrected chi connectivity index (χ3v) is 3.88. The second kappa shape index (κ2) is 3.81. The minimum absolute atomic E-state index is 0.132. The first-order chi connectivity index (χ1) is 8.19. The van der Waals surface area contributed by atoms with E-state index in [1.54, 1.807) is 0 Å². The molecule has 1 aliphatic carbocycles. The van der Waals surface area contributed by atoms with Gasteiger partial charge in [-0.3, -0.25) is 4.98 Å². The Hall–Kier alpha value is -1.41. The summed E-state index contributed by atoms with van der Waals surface area (Å²) in [6, 6.07) is 10.5. The lowest BCUT2D eigenvalue weighted by atomic mass is 9.86. The molecule has 1 fully saturated rings. The van der Waals surface area contributed by atoms with Crippen LogP contribution in [0.3, 0.4) is 0 Å². The van der Waals surface area contributed by atoms with E-state index in [0.29, 0.717) is 0 Å². The molecule has 2 nitrogen and oxygen atoms in total. The molecule has 2 N–H and O–H groups in total. The lowest BCUT2D eigenvalue weighted by Crippen LogP contribution is -2.33. The van der Waals surface area contributed by atoms with Gasteiger partial charge in [-0.15, -0.1) is 0 Å². The lowest BCUT2D eigenvalue weighted by molar-refractivity contribution is 0.465. The predicted molar refractivity (Wildman–Crippen MR) is 70.8 cm³/mol. The van der Waals surface area contributed by atoms with Gasteiger partial charge >= 0.3 is 0 Å². The van der Waals surface area contributed by atoms with E-state index in [4.69, 9.17) is 5.73 Å². The van der Waals surface area contributed by atoms with E-state index < -0.39 is 0 Å². The molecular formula is C15H18N2. The van der Waals surface area contributed by atoms with Crippen molar-refractivity contribution < 1.29 is 0 Å². The number of benzene rings is 1. The third-order valence-electron chi connectivity index (χ3n) is 3.88. The van der Waals surface area contributed by atoms with Crippen molar-refractivity contribution in [3.8, 4) is 0 Å². The van der Waals surface area contributed by atoms with Crippen LogP contribution in [-0.2, 0) is 5.54 Å². The molecule has 0 saturated heterocycles. The number of nitrogens with zero attached hydrogens (tertiary/aromatic N) is 1. The Morgan fingerprint density at radius 1 is 1.18 bits per heavy atom. The van der Waals surface area contributed by atoms with Gasteiger partial charge in [-0.2, -0.15) is 0 Å². The SMILES string of the molecule is Cc1cc(C2(N)CCCC2)c2ccccc2n1. The van der Waals surface area contributed by atoms with Gasteiger partial charge < -0.3 is 5.73 Å². The molecule has 2 aromatic rings. The van der Waals surface area contributed by atoms with Gasteiger partial charge in [-0.25, -0.2) is 0 Å². The van der Waals surface area contributed by atoms with Crippen molar-refractivity contribution in [1.82, 2.24) is 4.98 Å². The number of rotatable bonds is 1. The van der Waals surface area contributed by atoms with Crippen LogP contribution in [0.2, 0.25) is 0 Å². The van der Waals surface area contributed by atoms with Crippen molar-refractivity contribution in [1.29, 1.82) is 0 Å². The molecule has 0 aliphatic heterocycles. The maximum Gasteiger partial charge on any atom is 0.0708 e. The summed E-state index contributed by atoms with van der Waals surface area (Å²) in [6.45, 7) is 2.05. The van der Waals surface area contributed by atoms with Crippen LogP contribution in [0.5, 0.6) is 0 Å². The Balaban J connectivity index is 2.27. The van der Waals surface area contributed by atoms with E-state index in [1.165, 1.54) is 23.8 Å². The number of fused-ring (bicyclic) bond motifs is 1. The molecule has 0 unspecified atom stereocenters. The van der Waals surface area contributed by atoms with Gasteiger partial charge in [0.2, 0.25) is 0 Å². The van der Waals surface area contributed by atoms with E-state index in [-0.39, 0.29) is 5.54 Å². The summed E-state index contributed by atoms with van der Waals surface area (Å²) in [4.78, 5) is 4.58. The minimum Gasteiger partial charge on any atom is -0.321 e. The average molecular weight is 226 g/mol. The summed E-state index contributed by atoms with van der Waals surface area (Å²) in [5, 5.41) is 1.22. The van der Waals surface area contributed by atoms with Crippen LogP contribution in [0.15, 0.2) is 30.3 Å². The van der Waals surface area contributed by atoms with Crippen molar-refractivity contribution in [2.45, 2.75) is 38.1 Å². The summed E-state index contributed by atoms with van der Waals surface area (Å²) < 4.78 is 0. The highest BCUT2D eigenvalue weighted by Crippen LogP contribution is 2.39. The number of aromatic nitrogens is 1. The van der Waals surface area contributed by atoms with E-state index in [9.17, 15) is 0 Å². The van der Waals surface area contributed by atoms with Gasteiger partial charge in [0.25, 0.3) is 0 Å². The molecule has 0 radical (unpaired) electrons.